The molecule has 7 heteroatoms. The van der Waals surface area contributed by atoms with Gasteiger partial charge in [0.25, 0.3) is 0 Å². The summed E-state index contributed by atoms with van der Waals surface area (Å²) in [5.41, 5.74) is 2.85. The lowest BCUT2D eigenvalue weighted by molar-refractivity contribution is -0.125. The number of aromatic nitrogens is 1. The monoisotopic (exact) mass is 350 g/mol. The predicted molar refractivity (Wildman–Crippen MR) is 89.9 cm³/mol. The molecule has 0 aliphatic carbocycles. The number of thiophene rings is 1. The average molecular weight is 350 g/mol. The summed E-state index contributed by atoms with van der Waals surface area (Å²) in [6, 6.07) is 1.83. The number of aryl methyl sites for hydroxylation is 2. The van der Waals surface area contributed by atoms with Crippen LogP contribution in [0.15, 0.2) is 21.3 Å². The Balaban J connectivity index is 1.56. The smallest absolute Gasteiger partial charge is 0.224 e. The molecule has 3 rings (SSSR count). The molecule has 1 amide bonds. The van der Waals surface area contributed by atoms with Crippen LogP contribution in [0.25, 0.3) is 0 Å². The van der Waals surface area contributed by atoms with Crippen LogP contribution < -0.4 is 5.32 Å². The lowest BCUT2D eigenvalue weighted by Crippen LogP contribution is -2.50. The summed E-state index contributed by atoms with van der Waals surface area (Å²) in [5.74, 6) is 0.771. The van der Waals surface area contributed by atoms with E-state index in [9.17, 15) is 4.79 Å². The van der Waals surface area contributed by atoms with E-state index in [0.29, 0.717) is 26.2 Å². The summed E-state index contributed by atoms with van der Waals surface area (Å²) in [5, 5.41) is 10.9. The molecule has 2 aromatic heterocycles. The molecule has 1 aliphatic heterocycles. The Morgan fingerprint density at radius 1 is 1.50 bits per heavy atom. The number of amides is 1. The molecule has 0 saturated carbocycles. The molecule has 0 aromatic carbocycles. The van der Waals surface area contributed by atoms with Crippen molar-refractivity contribution in [2.24, 2.45) is 0 Å². The van der Waals surface area contributed by atoms with Crippen molar-refractivity contribution in [3.05, 3.63) is 39.4 Å². The molecule has 130 valence electrons. The van der Waals surface area contributed by atoms with Gasteiger partial charge in [0, 0.05) is 12.2 Å². The Morgan fingerprint density at radius 2 is 2.38 bits per heavy atom. The quantitative estimate of drug-likeness (QED) is 0.866. The van der Waals surface area contributed by atoms with Crippen LogP contribution in [-0.4, -0.2) is 36.4 Å². The van der Waals surface area contributed by atoms with Gasteiger partial charge in [-0.1, -0.05) is 5.16 Å². The minimum atomic E-state index is -0.134. The lowest BCUT2D eigenvalue weighted by Gasteiger charge is -2.32. The SMILES string of the molecule is Cc1noc(C)c1CO[C@H]1CCOC[C@H]1NC(=O)Cc1ccsc1. The highest BCUT2D eigenvalue weighted by Crippen LogP contribution is 2.18. The normalized spacial score (nSPS) is 20.9. The number of hydrogen-bond donors (Lipinski definition) is 1. The fraction of sp³-hybridized carbons (Fsp3) is 0.529. The van der Waals surface area contributed by atoms with Crippen molar-refractivity contribution in [1.29, 1.82) is 0 Å². The topological polar surface area (TPSA) is 73.6 Å². The van der Waals surface area contributed by atoms with Crippen molar-refractivity contribution in [2.75, 3.05) is 13.2 Å². The zero-order valence-electron chi connectivity index (χ0n) is 13.9. The highest BCUT2D eigenvalue weighted by atomic mass is 32.1. The van der Waals surface area contributed by atoms with Crippen LogP contribution in [0.1, 0.15) is 29.0 Å². The van der Waals surface area contributed by atoms with Crippen molar-refractivity contribution in [2.45, 2.75) is 45.4 Å². The molecule has 1 aliphatic rings. The summed E-state index contributed by atoms with van der Waals surface area (Å²) < 4.78 is 16.7. The second kappa shape index (κ2) is 7.92. The molecule has 24 heavy (non-hydrogen) atoms. The Kier molecular flexibility index (Phi) is 5.65. The van der Waals surface area contributed by atoms with Gasteiger partial charge in [0.1, 0.15) is 5.76 Å². The van der Waals surface area contributed by atoms with Crippen molar-refractivity contribution in [3.8, 4) is 0 Å². The van der Waals surface area contributed by atoms with Crippen molar-refractivity contribution >= 4 is 17.2 Å². The second-order valence-electron chi connectivity index (χ2n) is 6.00. The number of nitrogens with one attached hydrogen (secondary N) is 1. The third kappa shape index (κ3) is 4.23. The fourth-order valence-corrected chi connectivity index (χ4v) is 3.46. The summed E-state index contributed by atoms with van der Waals surface area (Å²) in [4.78, 5) is 12.2. The maximum absolute atomic E-state index is 12.2. The van der Waals surface area contributed by atoms with Gasteiger partial charge in [-0.05, 0) is 42.7 Å². The molecule has 6 nitrogen and oxygen atoms in total. The van der Waals surface area contributed by atoms with Gasteiger partial charge in [0.05, 0.1) is 37.5 Å². The van der Waals surface area contributed by atoms with E-state index in [-0.39, 0.29) is 18.1 Å². The summed E-state index contributed by atoms with van der Waals surface area (Å²) in [7, 11) is 0. The molecule has 1 fully saturated rings. The van der Waals surface area contributed by atoms with Crippen LogP contribution in [-0.2, 0) is 27.3 Å². The molecule has 0 bridgehead atoms. The number of ether oxygens (including phenoxy) is 2. The van der Waals surface area contributed by atoms with Crippen molar-refractivity contribution in [1.82, 2.24) is 10.5 Å². The van der Waals surface area contributed by atoms with E-state index >= 15 is 0 Å². The van der Waals surface area contributed by atoms with E-state index in [4.69, 9.17) is 14.0 Å². The minimum absolute atomic E-state index is 0.00478. The van der Waals surface area contributed by atoms with E-state index in [1.54, 1.807) is 11.3 Å². The van der Waals surface area contributed by atoms with E-state index in [1.807, 2.05) is 30.7 Å². The molecule has 0 spiro atoms. The Bertz CT molecular complexity index is 649. The largest absolute Gasteiger partial charge is 0.379 e. The molecule has 3 heterocycles. The fourth-order valence-electron chi connectivity index (χ4n) is 2.79. The molecule has 0 radical (unpaired) electrons. The standard InChI is InChI=1S/C17H22N2O4S/c1-11-14(12(2)23-19-11)8-22-16-3-5-21-9-15(16)18-17(20)7-13-4-6-24-10-13/h4,6,10,15-16H,3,5,7-9H2,1-2H3,(H,18,20)/t15-,16+/m1/s1. The first-order valence-electron chi connectivity index (χ1n) is 8.05. The van der Waals surface area contributed by atoms with Gasteiger partial charge in [-0.25, -0.2) is 0 Å². The van der Waals surface area contributed by atoms with Gasteiger partial charge in [-0.15, -0.1) is 0 Å². The van der Waals surface area contributed by atoms with Gasteiger partial charge in [0.2, 0.25) is 5.91 Å². The highest BCUT2D eigenvalue weighted by molar-refractivity contribution is 7.07. The third-order valence-corrected chi connectivity index (χ3v) is 4.94. The molecule has 1 saturated heterocycles. The zero-order chi connectivity index (χ0) is 16.9. The van der Waals surface area contributed by atoms with Crippen molar-refractivity contribution < 1.29 is 18.8 Å². The average Bonchev–Trinajstić information content (AvgIpc) is 3.17. The first-order valence-corrected chi connectivity index (χ1v) is 8.99. The maximum Gasteiger partial charge on any atom is 0.224 e. The summed E-state index contributed by atoms with van der Waals surface area (Å²) >= 11 is 1.59. The zero-order valence-corrected chi connectivity index (χ0v) is 14.7. The van der Waals surface area contributed by atoms with Gasteiger partial charge < -0.3 is 19.3 Å². The van der Waals surface area contributed by atoms with Crippen molar-refractivity contribution in [3.63, 3.8) is 0 Å². The Labute approximate surface area is 145 Å². The Hall–Kier alpha value is -1.70. The molecule has 2 aromatic rings. The first kappa shape index (κ1) is 17.1. The van der Waals surface area contributed by atoms with Gasteiger partial charge in [-0.3, -0.25) is 4.79 Å². The van der Waals surface area contributed by atoms with E-state index in [2.05, 4.69) is 10.5 Å². The van der Waals surface area contributed by atoms with E-state index in [0.717, 1.165) is 29.0 Å². The van der Waals surface area contributed by atoms with Gasteiger partial charge in [0.15, 0.2) is 0 Å². The van der Waals surface area contributed by atoms with Crippen LogP contribution in [0.3, 0.4) is 0 Å². The van der Waals surface area contributed by atoms with Crippen LogP contribution in [0.5, 0.6) is 0 Å². The number of hydrogen-bond acceptors (Lipinski definition) is 6. The molecule has 1 N–H and O–H groups in total. The van der Waals surface area contributed by atoms with Gasteiger partial charge >= 0.3 is 0 Å². The van der Waals surface area contributed by atoms with Crippen LogP contribution in [0.2, 0.25) is 0 Å². The highest BCUT2D eigenvalue weighted by Gasteiger charge is 2.28. The summed E-state index contributed by atoms with van der Waals surface area (Å²) in [6.07, 6.45) is 1.07. The molecular weight excluding hydrogens is 328 g/mol. The third-order valence-electron chi connectivity index (χ3n) is 4.21. The number of carbonyl (C=O) groups is 1. The summed E-state index contributed by atoms with van der Waals surface area (Å²) in [6.45, 7) is 5.33. The lowest BCUT2D eigenvalue weighted by atomic mass is 10.1. The number of carbonyl (C=O) groups excluding carboxylic acids is 1. The van der Waals surface area contributed by atoms with Crippen LogP contribution in [0, 0.1) is 13.8 Å². The molecule has 0 unspecified atom stereocenters. The first-order chi connectivity index (χ1) is 11.6. The van der Waals surface area contributed by atoms with Gasteiger partial charge in [-0.2, -0.15) is 11.3 Å². The number of nitrogens with zero attached hydrogens (tertiary/aromatic N) is 1. The predicted octanol–water partition coefficient (Wildman–Crippen LogP) is 2.39. The molecular formula is C17H22N2O4S. The molecule has 2 atom stereocenters. The second-order valence-corrected chi connectivity index (χ2v) is 6.78. The van der Waals surface area contributed by atoms with Crippen LogP contribution >= 0.6 is 11.3 Å². The van der Waals surface area contributed by atoms with E-state index < -0.39 is 0 Å². The number of rotatable bonds is 6. The Morgan fingerprint density at radius 3 is 3.08 bits per heavy atom. The maximum atomic E-state index is 12.2. The van der Waals surface area contributed by atoms with Crippen LogP contribution in [0.4, 0.5) is 0 Å². The minimum Gasteiger partial charge on any atom is -0.379 e. The van der Waals surface area contributed by atoms with E-state index in [1.165, 1.54) is 0 Å².